The number of thioether (sulfide) groups is 1. The van der Waals surface area contributed by atoms with Crippen LogP contribution in [-0.2, 0) is 11.3 Å². The van der Waals surface area contributed by atoms with Gasteiger partial charge in [0.25, 0.3) is 0 Å². The molecule has 0 aliphatic heterocycles. The van der Waals surface area contributed by atoms with E-state index in [1.165, 1.54) is 27.1 Å². The molecule has 0 aromatic heterocycles. The fourth-order valence-corrected chi connectivity index (χ4v) is 3.70. The van der Waals surface area contributed by atoms with Gasteiger partial charge in [0, 0.05) is 11.4 Å². The number of carbonyl (C=O) groups excluding carboxylic acids is 1. The number of aryl methyl sites for hydroxylation is 2. The van der Waals surface area contributed by atoms with Gasteiger partial charge in [0.2, 0.25) is 5.91 Å². The van der Waals surface area contributed by atoms with E-state index < -0.39 is 0 Å². The van der Waals surface area contributed by atoms with E-state index in [0.29, 0.717) is 12.3 Å². The molecule has 2 aromatic rings. The van der Waals surface area contributed by atoms with E-state index >= 15 is 0 Å². The van der Waals surface area contributed by atoms with Gasteiger partial charge in [-0.1, -0.05) is 18.2 Å². The maximum atomic E-state index is 12.2. The molecule has 1 amide bonds. The van der Waals surface area contributed by atoms with E-state index in [9.17, 15) is 4.79 Å². The zero-order chi connectivity index (χ0) is 17.7. The first kappa shape index (κ1) is 18.4. The summed E-state index contributed by atoms with van der Waals surface area (Å²) < 4.78 is 5.20. The summed E-state index contributed by atoms with van der Waals surface area (Å²) in [5.74, 6) is 1.27. The second-order valence-electron chi connectivity index (χ2n) is 6.01. The van der Waals surface area contributed by atoms with Gasteiger partial charge in [-0.15, -0.1) is 11.8 Å². The molecular weight excluding hydrogens is 318 g/mol. The largest absolute Gasteiger partial charge is 0.497 e. The summed E-state index contributed by atoms with van der Waals surface area (Å²) in [7, 11) is 1.64. The number of rotatable bonds is 6. The Bertz CT molecular complexity index is 714. The smallest absolute Gasteiger partial charge is 0.230 e. The number of carbonyl (C=O) groups is 1. The minimum Gasteiger partial charge on any atom is -0.497 e. The molecule has 2 aromatic carbocycles. The van der Waals surface area contributed by atoms with Crippen molar-refractivity contribution in [3.63, 3.8) is 0 Å². The van der Waals surface area contributed by atoms with Crippen molar-refractivity contribution in [1.29, 1.82) is 0 Å². The van der Waals surface area contributed by atoms with E-state index in [-0.39, 0.29) is 5.91 Å². The number of hydrogen-bond donors (Lipinski definition) is 1. The van der Waals surface area contributed by atoms with Crippen LogP contribution in [0.1, 0.15) is 27.8 Å². The van der Waals surface area contributed by atoms with Gasteiger partial charge in [-0.05, 0) is 67.6 Å². The molecule has 0 heterocycles. The number of nitrogens with one attached hydrogen (secondary N) is 1. The van der Waals surface area contributed by atoms with Crippen LogP contribution in [-0.4, -0.2) is 18.8 Å². The van der Waals surface area contributed by atoms with E-state index in [2.05, 4.69) is 39.1 Å². The molecule has 1 N–H and O–H groups in total. The first-order valence-corrected chi connectivity index (χ1v) is 9.00. The van der Waals surface area contributed by atoms with E-state index in [1.807, 2.05) is 24.3 Å². The maximum Gasteiger partial charge on any atom is 0.230 e. The monoisotopic (exact) mass is 343 g/mol. The fourth-order valence-electron chi connectivity index (χ4n) is 2.57. The van der Waals surface area contributed by atoms with Crippen LogP contribution >= 0.6 is 11.8 Å². The topological polar surface area (TPSA) is 38.3 Å². The van der Waals surface area contributed by atoms with Crippen molar-refractivity contribution in [3.05, 3.63) is 58.1 Å². The third-order valence-electron chi connectivity index (χ3n) is 4.27. The molecule has 0 saturated heterocycles. The molecule has 3 nitrogen and oxygen atoms in total. The van der Waals surface area contributed by atoms with Crippen molar-refractivity contribution in [2.24, 2.45) is 0 Å². The van der Waals surface area contributed by atoms with Crippen LogP contribution in [0.4, 0.5) is 0 Å². The lowest BCUT2D eigenvalue weighted by Crippen LogP contribution is -2.24. The highest BCUT2D eigenvalue weighted by atomic mass is 32.2. The number of hydrogen-bond acceptors (Lipinski definition) is 3. The Labute approximate surface area is 148 Å². The molecule has 0 aliphatic rings. The normalized spacial score (nSPS) is 10.5. The van der Waals surface area contributed by atoms with Gasteiger partial charge in [-0.2, -0.15) is 0 Å². The van der Waals surface area contributed by atoms with Gasteiger partial charge in [0.05, 0.1) is 12.9 Å². The van der Waals surface area contributed by atoms with Crippen molar-refractivity contribution in [1.82, 2.24) is 5.32 Å². The lowest BCUT2D eigenvalue weighted by Gasteiger charge is -2.14. The Balaban J connectivity index is 1.94. The molecule has 0 fully saturated rings. The Morgan fingerprint density at radius 2 is 1.75 bits per heavy atom. The summed E-state index contributed by atoms with van der Waals surface area (Å²) in [6.45, 7) is 9.00. The molecule has 24 heavy (non-hydrogen) atoms. The summed E-state index contributed by atoms with van der Waals surface area (Å²) in [6.07, 6.45) is 0. The Morgan fingerprint density at radius 1 is 1.08 bits per heavy atom. The van der Waals surface area contributed by atoms with Crippen molar-refractivity contribution >= 4 is 17.7 Å². The molecule has 0 spiro atoms. The predicted molar refractivity (Wildman–Crippen MR) is 101 cm³/mol. The minimum atomic E-state index is 0.0424. The minimum absolute atomic E-state index is 0.0424. The lowest BCUT2D eigenvalue weighted by atomic mass is 10.0. The quantitative estimate of drug-likeness (QED) is 0.793. The average Bonchev–Trinajstić information content (AvgIpc) is 2.58. The molecule has 0 unspecified atom stereocenters. The number of amides is 1. The summed E-state index contributed by atoms with van der Waals surface area (Å²) in [5, 5.41) is 2.97. The summed E-state index contributed by atoms with van der Waals surface area (Å²) in [5.41, 5.74) is 6.12. The highest BCUT2D eigenvalue weighted by Gasteiger charge is 2.11. The number of methoxy groups -OCH3 is 1. The molecule has 0 bridgehead atoms. The molecule has 0 radical (unpaired) electrons. The second kappa shape index (κ2) is 8.25. The van der Waals surface area contributed by atoms with Crippen LogP contribution in [0, 0.1) is 27.7 Å². The van der Waals surface area contributed by atoms with Crippen molar-refractivity contribution in [2.45, 2.75) is 39.1 Å². The van der Waals surface area contributed by atoms with Crippen molar-refractivity contribution < 1.29 is 9.53 Å². The van der Waals surface area contributed by atoms with Crippen LogP contribution in [0.25, 0.3) is 0 Å². The first-order valence-electron chi connectivity index (χ1n) is 8.02. The molecule has 0 atom stereocenters. The molecule has 0 aliphatic carbocycles. The van der Waals surface area contributed by atoms with Gasteiger partial charge in [-0.3, -0.25) is 4.79 Å². The third-order valence-corrected chi connectivity index (χ3v) is 5.58. The summed E-state index contributed by atoms with van der Waals surface area (Å²) in [4.78, 5) is 13.4. The Morgan fingerprint density at radius 3 is 2.38 bits per heavy atom. The van der Waals surface area contributed by atoms with Crippen LogP contribution in [0.2, 0.25) is 0 Å². The molecular formula is C20H25NO2S. The standard InChI is InChI=1S/C20H25NO2S/c1-13-9-14(2)16(4)20(15(13)3)24-12-19(22)21-11-17-7-6-8-18(10-17)23-5/h6-10H,11-12H2,1-5H3,(H,21,22). The van der Waals surface area contributed by atoms with Crippen LogP contribution < -0.4 is 10.1 Å². The Hall–Kier alpha value is -1.94. The molecule has 0 saturated carbocycles. The summed E-state index contributed by atoms with van der Waals surface area (Å²) in [6, 6.07) is 9.95. The van der Waals surface area contributed by atoms with Gasteiger partial charge in [0.15, 0.2) is 0 Å². The van der Waals surface area contributed by atoms with E-state index in [1.54, 1.807) is 18.9 Å². The SMILES string of the molecule is COc1cccc(CNC(=O)CSc2c(C)c(C)cc(C)c2C)c1. The first-order chi connectivity index (χ1) is 11.4. The van der Waals surface area contributed by atoms with Crippen molar-refractivity contribution in [2.75, 3.05) is 12.9 Å². The van der Waals surface area contributed by atoms with Gasteiger partial charge >= 0.3 is 0 Å². The van der Waals surface area contributed by atoms with E-state index in [4.69, 9.17) is 4.74 Å². The van der Waals surface area contributed by atoms with Crippen LogP contribution in [0.3, 0.4) is 0 Å². The Kier molecular flexibility index (Phi) is 6.32. The lowest BCUT2D eigenvalue weighted by molar-refractivity contribution is -0.118. The van der Waals surface area contributed by atoms with Gasteiger partial charge in [-0.25, -0.2) is 0 Å². The third kappa shape index (κ3) is 4.54. The zero-order valence-corrected chi connectivity index (χ0v) is 15.8. The number of benzene rings is 2. The maximum absolute atomic E-state index is 12.2. The molecule has 2 rings (SSSR count). The number of ether oxygens (including phenoxy) is 1. The highest BCUT2D eigenvalue weighted by Crippen LogP contribution is 2.30. The predicted octanol–water partition coefficient (Wildman–Crippen LogP) is 4.34. The van der Waals surface area contributed by atoms with Gasteiger partial charge < -0.3 is 10.1 Å². The average molecular weight is 343 g/mol. The summed E-state index contributed by atoms with van der Waals surface area (Å²) >= 11 is 1.62. The van der Waals surface area contributed by atoms with Crippen molar-refractivity contribution in [3.8, 4) is 5.75 Å². The molecule has 4 heteroatoms. The molecule has 128 valence electrons. The van der Waals surface area contributed by atoms with E-state index in [0.717, 1.165) is 11.3 Å². The van der Waals surface area contributed by atoms with Crippen LogP contribution in [0.15, 0.2) is 35.2 Å². The zero-order valence-electron chi connectivity index (χ0n) is 15.0. The second-order valence-corrected chi connectivity index (χ2v) is 6.99. The fraction of sp³-hybridized carbons (Fsp3) is 0.350. The highest BCUT2D eigenvalue weighted by molar-refractivity contribution is 8.00. The van der Waals surface area contributed by atoms with Crippen LogP contribution in [0.5, 0.6) is 5.75 Å². The van der Waals surface area contributed by atoms with Gasteiger partial charge in [0.1, 0.15) is 5.75 Å².